The molecule has 2 aromatic rings. The first-order valence-corrected chi connectivity index (χ1v) is 7.49. The molecule has 24 heavy (non-hydrogen) atoms. The summed E-state index contributed by atoms with van der Waals surface area (Å²) in [7, 11) is 1.33. The van der Waals surface area contributed by atoms with Gasteiger partial charge in [0.15, 0.2) is 0 Å². The largest absolute Gasteiger partial charge is 0.465 e. The Morgan fingerprint density at radius 3 is 2.42 bits per heavy atom. The SMILES string of the molecule is COC(=O)c1ccc(NCC(=O)Nc2cc(C(C)(C)C)no2)cc1. The van der Waals surface area contributed by atoms with E-state index in [1.54, 1.807) is 30.3 Å². The van der Waals surface area contributed by atoms with Crippen molar-refractivity contribution in [3.63, 3.8) is 0 Å². The van der Waals surface area contributed by atoms with Crippen LogP contribution >= 0.6 is 0 Å². The molecule has 0 bridgehead atoms. The average molecular weight is 331 g/mol. The Morgan fingerprint density at radius 1 is 1.21 bits per heavy atom. The summed E-state index contributed by atoms with van der Waals surface area (Å²) < 4.78 is 9.73. The van der Waals surface area contributed by atoms with Crippen LogP contribution in [-0.4, -0.2) is 30.7 Å². The maximum absolute atomic E-state index is 11.9. The number of anilines is 2. The number of hydrogen-bond acceptors (Lipinski definition) is 6. The van der Waals surface area contributed by atoms with E-state index in [-0.39, 0.29) is 17.9 Å². The van der Waals surface area contributed by atoms with Gasteiger partial charge in [0.2, 0.25) is 11.8 Å². The summed E-state index contributed by atoms with van der Waals surface area (Å²) in [5.74, 6) is -0.351. The highest BCUT2D eigenvalue weighted by atomic mass is 16.5. The summed E-state index contributed by atoms with van der Waals surface area (Å²) in [6, 6.07) is 8.36. The van der Waals surface area contributed by atoms with Crippen LogP contribution in [0.2, 0.25) is 0 Å². The molecule has 0 aliphatic heterocycles. The summed E-state index contributed by atoms with van der Waals surface area (Å²) >= 11 is 0. The third-order valence-electron chi connectivity index (χ3n) is 3.30. The highest BCUT2D eigenvalue weighted by Crippen LogP contribution is 2.23. The first-order valence-electron chi connectivity index (χ1n) is 7.49. The number of rotatable bonds is 5. The fourth-order valence-corrected chi connectivity index (χ4v) is 1.89. The van der Waals surface area contributed by atoms with E-state index in [0.717, 1.165) is 5.69 Å². The Hall–Kier alpha value is -2.83. The highest BCUT2D eigenvalue weighted by molar-refractivity contribution is 5.93. The van der Waals surface area contributed by atoms with Gasteiger partial charge >= 0.3 is 5.97 Å². The molecular weight excluding hydrogens is 310 g/mol. The molecule has 1 heterocycles. The number of amides is 1. The van der Waals surface area contributed by atoms with E-state index in [1.807, 2.05) is 20.8 Å². The fourth-order valence-electron chi connectivity index (χ4n) is 1.89. The Bertz CT molecular complexity index is 714. The third-order valence-corrected chi connectivity index (χ3v) is 3.30. The van der Waals surface area contributed by atoms with Crippen LogP contribution in [0.4, 0.5) is 11.6 Å². The molecule has 1 aromatic carbocycles. The first-order chi connectivity index (χ1) is 11.3. The van der Waals surface area contributed by atoms with Crippen molar-refractivity contribution in [3.8, 4) is 0 Å². The van der Waals surface area contributed by atoms with Crippen molar-refractivity contribution in [2.24, 2.45) is 0 Å². The molecule has 0 unspecified atom stereocenters. The van der Waals surface area contributed by atoms with Gasteiger partial charge in [0, 0.05) is 17.2 Å². The predicted octanol–water partition coefficient (Wildman–Crippen LogP) is 2.81. The van der Waals surface area contributed by atoms with Gasteiger partial charge in [-0.25, -0.2) is 4.79 Å². The number of nitrogens with zero attached hydrogens (tertiary/aromatic N) is 1. The van der Waals surface area contributed by atoms with Crippen molar-refractivity contribution in [1.82, 2.24) is 5.16 Å². The van der Waals surface area contributed by atoms with Gasteiger partial charge in [-0.15, -0.1) is 0 Å². The molecule has 0 saturated carbocycles. The highest BCUT2D eigenvalue weighted by Gasteiger charge is 2.19. The third kappa shape index (κ3) is 4.58. The molecule has 1 aromatic heterocycles. The smallest absolute Gasteiger partial charge is 0.337 e. The summed E-state index contributed by atoms with van der Waals surface area (Å²) in [6.45, 7) is 6.09. The number of carbonyl (C=O) groups excluding carboxylic acids is 2. The zero-order chi connectivity index (χ0) is 17.7. The molecule has 7 nitrogen and oxygen atoms in total. The minimum absolute atomic E-state index is 0.0587. The van der Waals surface area contributed by atoms with Crippen LogP contribution < -0.4 is 10.6 Å². The van der Waals surface area contributed by atoms with Gasteiger partial charge in [-0.3, -0.25) is 10.1 Å². The van der Waals surface area contributed by atoms with E-state index in [0.29, 0.717) is 17.1 Å². The van der Waals surface area contributed by atoms with Crippen molar-refractivity contribution in [3.05, 3.63) is 41.6 Å². The van der Waals surface area contributed by atoms with Crippen molar-refractivity contribution in [2.45, 2.75) is 26.2 Å². The van der Waals surface area contributed by atoms with Crippen LogP contribution in [0.1, 0.15) is 36.8 Å². The number of carbonyl (C=O) groups is 2. The average Bonchev–Trinajstić information content (AvgIpc) is 3.01. The fraction of sp³-hybridized carbons (Fsp3) is 0.353. The van der Waals surface area contributed by atoms with E-state index in [4.69, 9.17) is 4.52 Å². The van der Waals surface area contributed by atoms with Crippen LogP contribution in [0.25, 0.3) is 0 Å². The second kappa shape index (κ2) is 7.16. The Balaban J connectivity index is 1.87. The second-order valence-corrected chi connectivity index (χ2v) is 6.30. The second-order valence-electron chi connectivity index (χ2n) is 6.30. The summed E-state index contributed by atoms with van der Waals surface area (Å²) in [5.41, 5.74) is 1.78. The Labute approximate surface area is 140 Å². The monoisotopic (exact) mass is 331 g/mol. The quantitative estimate of drug-likeness (QED) is 0.818. The molecule has 0 radical (unpaired) electrons. The topological polar surface area (TPSA) is 93.5 Å². The van der Waals surface area contributed by atoms with Gasteiger partial charge in [-0.05, 0) is 24.3 Å². The molecule has 0 spiro atoms. The molecule has 7 heteroatoms. The lowest BCUT2D eigenvalue weighted by atomic mass is 9.92. The van der Waals surface area contributed by atoms with E-state index in [1.165, 1.54) is 7.11 Å². The molecule has 2 rings (SSSR count). The van der Waals surface area contributed by atoms with Crippen LogP contribution in [0.15, 0.2) is 34.9 Å². The number of methoxy groups -OCH3 is 1. The van der Waals surface area contributed by atoms with Gasteiger partial charge in [-0.2, -0.15) is 0 Å². The number of esters is 1. The van der Waals surface area contributed by atoms with Crippen molar-refractivity contribution in [2.75, 3.05) is 24.3 Å². The van der Waals surface area contributed by atoms with Gasteiger partial charge in [0.1, 0.15) is 0 Å². The molecule has 0 aliphatic rings. The first kappa shape index (κ1) is 17.5. The van der Waals surface area contributed by atoms with E-state index in [2.05, 4.69) is 20.5 Å². The van der Waals surface area contributed by atoms with E-state index < -0.39 is 5.97 Å². The predicted molar refractivity (Wildman–Crippen MR) is 90.1 cm³/mol. The summed E-state index contributed by atoms with van der Waals surface area (Å²) in [5, 5.41) is 9.54. The molecule has 0 fully saturated rings. The Morgan fingerprint density at radius 2 is 1.88 bits per heavy atom. The normalized spacial score (nSPS) is 11.0. The van der Waals surface area contributed by atoms with Gasteiger partial charge in [0.05, 0.1) is 24.9 Å². The lowest BCUT2D eigenvalue weighted by Gasteiger charge is -2.12. The Kier molecular flexibility index (Phi) is 5.23. The number of nitrogens with one attached hydrogen (secondary N) is 2. The van der Waals surface area contributed by atoms with Gasteiger partial charge in [0.25, 0.3) is 0 Å². The number of hydrogen-bond donors (Lipinski definition) is 2. The lowest BCUT2D eigenvalue weighted by molar-refractivity contribution is -0.114. The van der Waals surface area contributed by atoms with Gasteiger partial charge in [-0.1, -0.05) is 25.9 Å². The van der Waals surface area contributed by atoms with Crippen molar-refractivity contribution < 1.29 is 18.8 Å². The van der Waals surface area contributed by atoms with Crippen LogP contribution in [0, 0.1) is 0 Å². The van der Waals surface area contributed by atoms with Crippen molar-refractivity contribution >= 4 is 23.4 Å². The van der Waals surface area contributed by atoms with Crippen LogP contribution in [0.3, 0.4) is 0 Å². The zero-order valence-electron chi connectivity index (χ0n) is 14.2. The maximum Gasteiger partial charge on any atom is 0.337 e. The standard InChI is InChI=1S/C17H21N3O4/c1-17(2,3)13-9-15(24-20-13)19-14(21)10-18-12-7-5-11(6-8-12)16(22)23-4/h5-9,18H,10H2,1-4H3,(H,19,21). The summed E-state index contributed by atoms with van der Waals surface area (Å²) in [6.07, 6.45) is 0. The molecule has 0 saturated heterocycles. The minimum Gasteiger partial charge on any atom is -0.465 e. The van der Waals surface area contributed by atoms with Crippen LogP contribution in [0.5, 0.6) is 0 Å². The molecule has 1 amide bonds. The molecule has 0 atom stereocenters. The van der Waals surface area contributed by atoms with E-state index >= 15 is 0 Å². The molecule has 0 aliphatic carbocycles. The minimum atomic E-state index is -0.403. The summed E-state index contributed by atoms with van der Waals surface area (Å²) in [4.78, 5) is 23.3. The number of benzene rings is 1. The van der Waals surface area contributed by atoms with Crippen LogP contribution in [-0.2, 0) is 14.9 Å². The zero-order valence-corrected chi connectivity index (χ0v) is 14.2. The van der Waals surface area contributed by atoms with Gasteiger partial charge < -0.3 is 14.6 Å². The molecular formula is C17H21N3O4. The molecule has 2 N–H and O–H groups in total. The molecule has 128 valence electrons. The van der Waals surface area contributed by atoms with E-state index in [9.17, 15) is 9.59 Å². The number of ether oxygens (including phenoxy) is 1. The lowest BCUT2D eigenvalue weighted by Crippen LogP contribution is -2.21. The van der Waals surface area contributed by atoms with Crippen molar-refractivity contribution in [1.29, 1.82) is 0 Å². The maximum atomic E-state index is 11.9. The number of aromatic nitrogens is 1.